The van der Waals surface area contributed by atoms with Gasteiger partial charge in [-0.25, -0.2) is 4.98 Å². The van der Waals surface area contributed by atoms with Crippen molar-refractivity contribution in [3.63, 3.8) is 0 Å². The largest absolute Gasteiger partial charge is 0.342 e. The molecule has 0 aliphatic carbocycles. The van der Waals surface area contributed by atoms with Crippen molar-refractivity contribution in [2.75, 3.05) is 13.1 Å². The molecule has 0 unspecified atom stereocenters. The highest BCUT2D eigenvalue weighted by atomic mass is 16.2. The summed E-state index contributed by atoms with van der Waals surface area (Å²) in [5, 5.41) is 0. The molecule has 2 aromatic heterocycles. The van der Waals surface area contributed by atoms with Crippen molar-refractivity contribution in [2.24, 2.45) is 0 Å². The maximum absolute atomic E-state index is 12.0. The molecule has 1 amide bonds. The highest BCUT2D eigenvalue weighted by Gasteiger charge is 2.18. The van der Waals surface area contributed by atoms with Gasteiger partial charge in [0.2, 0.25) is 5.91 Å². The Morgan fingerprint density at radius 1 is 1.39 bits per heavy atom. The zero-order valence-electron chi connectivity index (χ0n) is 10.6. The van der Waals surface area contributed by atoms with Crippen LogP contribution < -0.4 is 0 Å². The van der Waals surface area contributed by atoms with Crippen molar-refractivity contribution < 1.29 is 4.79 Å². The number of rotatable bonds is 2. The number of fused-ring (bicyclic) bond motifs is 1. The van der Waals surface area contributed by atoms with Crippen LogP contribution in [0.5, 0.6) is 0 Å². The van der Waals surface area contributed by atoms with Gasteiger partial charge in [0.05, 0.1) is 12.1 Å². The van der Waals surface area contributed by atoms with Gasteiger partial charge < -0.3 is 9.30 Å². The van der Waals surface area contributed by atoms with E-state index in [-0.39, 0.29) is 5.91 Å². The van der Waals surface area contributed by atoms with Crippen molar-refractivity contribution >= 4 is 11.6 Å². The highest BCUT2D eigenvalue weighted by Crippen LogP contribution is 2.12. The average molecular weight is 243 g/mol. The van der Waals surface area contributed by atoms with Gasteiger partial charge in [0.15, 0.2) is 0 Å². The number of likely N-dealkylation sites (tertiary alicyclic amines) is 1. The van der Waals surface area contributed by atoms with E-state index in [1.165, 1.54) is 5.56 Å². The van der Waals surface area contributed by atoms with Crippen molar-refractivity contribution in [3.8, 4) is 0 Å². The predicted molar refractivity (Wildman–Crippen MR) is 69.4 cm³/mol. The summed E-state index contributed by atoms with van der Waals surface area (Å²) in [6, 6.07) is 4.07. The zero-order valence-corrected chi connectivity index (χ0v) is 10.6. The fourth-order valence-corrected chi connectivity index (χ4v) is 2.45. The molecule has 1 fully saturated rings. The molecule has 0 bridgehead atoms. The van der Waals surface area contributed by atoms with Crippen LogP contribution in [0, 0.1) is 6.92 Å². The number of carbonyl (C=O) groups is 1. The molecule has 3 rings (SSSR count). The van der Waals surface area contributed by atoms with Gasteiger partial charge in [0.25, 0.3) is 0 Å². The van der Waals surface area contributed by atoms with Gasteiger partial charge in [-0.05, 0) is 37.5 Å². The number of aromatic nitrogens is 2. The molecular weight excluding hydrogens is 226 g/mol. The van der Waals surface area contributed by atoms with Gasteiger partial charge in [-0.3, -0.25) is 4.79 Å². The summed E-state index contributed by atoms with van der Waals surface area (Å²) in [4.78, 5) is 18.5. The summed E-state index contributed by atoms with van der Waals surface area (Å²) in [6.07, 6.45) is 6.62. The minimum Gasteiger partial charge on any atom is -0.342 e. The summed E-state index contributed by atoms with van der Waals surface area (Å²) in [5.74, 6) is 0.202. The van der Waals surface area contributed by atoms with Crippen LogP contribution in [-0.2, 0) is 11.2 Å². The van der Waals surface area contributed by atoms with Crippen LogP contribution in [0.15, 0.2) is 24.5 Å². The maximum atomic E-state index is 12.0. The lowest BCUT2D eigenvalue weighted by Gasteiger charge is -2.13. The number of aryl methyl sites for hydroxylation is 1. The van der Waals surface area contributed by atoms with E-state index in [1.807, 2.05) is 40.8 Å². The molecule has 94 valence electrons. The Morgan fingerprint density at radius 3 is 2.94 bits per heavy atom. The first kappa shape index (κ1) is 11.3. The van der Waals surface area contributed by atoms with Crippen molar-refractivity contribution in [1.82, 2.24) is 14.3 Å². The molecule has 0 radical (unpaired) electrons. The summed E-state index contributed by atoms with van der Waals surface area (Å²) >= 11 is 0. The second kappa shape index (κ2) is 4.44. The van der Waals surface area contributed by atoms with Gasteiger partial charge in [0, 0.05) is 25.5 Å². The van der Waals surface area contributed by atoms with Gasteiger partial charge in [0.1, 0.15) is 5.65 Å². The Bertz CT molecular complexity index is 582. The lowest BCUT2D eigenvalue weighted by Crippen LogP contribution is -2.29. The van der Waals surface area contributed by atoms with Gasteiger partial charge in [-0.1, -0.05) is 0 Å². The van der Waals surface area contributed by atoms with Crippen molar-refractivity contribution in [2.45, 2.75) is 26.2 Å². The van der Waals surface area contributed by atoms with Crippen LogP contribution in [0.25, 0.3) is 5.65 Å². The number of amides is 1. The zero-order chi connectivity index (χ0) is 12.5. The van der Waals surface area contributed by atoms with Crippen molar-refractivity contribution in [1.29, 1.82) is 0 Å². The standard InChI is InChI=1S/C14H17N3O/c1-11-4-7-17-10-12(15-13(17)8-11)9-14(18)16-5-2-3-6-16/h4,7-8,10H,2-3,5-6,9H2,1H3. The smallest absolute Gasteiger partial charge is 0.228 e. The first-order chi connectivity index (χ1) is 8.72. The molecule has 3 heterocycles. The Hall–Kier alpha value is -1.84. The fraction of sp³-hybridized carbons (Fsp3) is 0.429. The third-order valence-corrected chi connectivity index (χ3v) is 3.46. The SMILES string of the molecule is Cc1ccn2cc(CC(=O)N3CCCC3)nc2c1. The molecule has 18 heavy (non-hydrogen) atoms. The minimum atomic E-state index is 0.202. The number of nitrogens with zero attached hydrogens (tertiary/aromatic N) is 3. The van der Waals surface area contributed by atoms with E-state index in [9.17, 15) is 4.79 Å². The van der Waals surface area contributed by atoms with Crippen LogP contribution in [0.2, 0.25) is 0 Å². The van der Waals surface area contributed by atoms with E-state index < -0.39 is 0 Å². The summed E-state index contributed by atoms with van der Waals surface area (Å²) in [5.41, 5.74) is 2.96. The van der Waals surface area contributed by atoms with E-state index in [4.69, 9.17) is 0 Å². The molecule has 1 aliphatic rings. The molecule has 2 aromatic rings. The van der Waals surface area contributed by atoms with Crippen molar-refractivity contribution in [3.05, 3.63) is 35.8 Å². The molecule has 0 saturated carbocycles. The number of carbonyl (C=O) groups excluding carboxylic acids is 1. The first-order valence-electron chi connectivity index (χ1n) is 6.44. The quantitative estimate of drug-likeness (QED) is 0.806. The number of pyridine rings is 1. The lowest BCUT2D eigenvalue weighted by atomic mass is 10.3. The number of imidazole rings is 1. The van der Waals surface area contributed by atoms with E-state index in [0.717, 1.165) is 37.3 Å². The fourth-order valence-electron chi connectivity index (χ4n) is 2.45. The van der Waals surface area contributed by atoms with Gasteiger partial charge in [-0.2, -0.15) is 0 Å². The number of hydrogen-bond donors (Lipinski definition) is 0. The average Bonchev–Trinajstić information content (AvgIpc) is 2.95. The van der Waals surface area contributed by atoms with Gasteiger partial charge in [-0.15, -0.1) is 0 Å². The maximum Gasteiger partial charge on any atom is 0.228 e. The summed E-state index contributed by atoms with van der Waals surface area (Å²) in [6.45, 7) is 3.86. The van der Waals surface area contributed by atoms with Crippen LogP contribution in [0.4, 0.5) is 0 Å². The predicted octanol–water partition coefficient (Wildman–Crippen LogP) is 1.81. The molecule has 0 spiro atoms. The summed E-state index contributed by atoms with van der Waals surface area (Å²) < 4.78 is 1.97. The monoisotopic (exact) mass is 243 g/mol. The van der Waals surface area contributed by atoms with Crippen LogP contribution in [-0.4, -0.2) is 33.3 Å². The van der Waals surface area contributed by atoms with Crippen LogP contribution in [0.3, 0.4) is 0 Å². The molecule has 0 atom stereocenters. The highest BCUT2D eigenvalue weighted by molar-refractivity contribution is 5.78. The Labute approximate surface area is 106 Å². The molecule has 0 aromatic carbocycles. The Balaban J connectivity index is 1.79. The van der Waals surface area contributed by atoms with Gasteiger partial charge >= 0.3 is 0 Å². The lowest BCUT2D eigenvalue weighted by molar-refractivity contribution is -0.129. The molecule has 4 heteroatoms. The van der Waals surface area contributed by atoms with Crippen LogP contribution >= 0.6 is 0 Å². The topological polar surface area (TPSA) is 37.6 Å². The van der Waals surface area contributed by atoms with E-state index >= 15 is 0 Å². The molecule has 0 N–H and O–H groups in total. The molecule has 1 saturated heterocycles. The third kappa shape index (κ3) is 2.10. The second-order valence-electron chi connectivity index (χ2n) is 4.97. The van der Waals surface area contributed by atoms with E-state index in [1.54, 1.807) is 0 Å². The molecule has 1 aliphatic heterocycles. The van der Waals surface area contributed by atoms with Crippen LogP contribution in [0.1, 0.15) is 24.1 Å². The number of hydrogen-bond acceptors (Lipinski definition) is 2. The Kier molecular flexibility index (Phi) is 2.78. The third-order valence-electron chi connectivity index (χ3n) is 3.46. The minimum absolute atomic E-state index is 0.202. The second-order valence-corrected chi connectivity index (χ2v) is 4.97. The molecule has 4 nitrogen and oxygen atoms in total. The first-order valence-corrected chi connectivity index (χ1v) is 6.44. The molecular formula is C14H17N3O. The Morgan fingerprint density at radius 2 is 2.17 bits per heavy atom. The summed E-state index contributed by atoms with van der Waals surface area (Å²) in [7, 11) is 0. The van der Waals surface area contributed by atoms with E-state index in [2.05, 4.69) is 4.98 Å². The normalized spacial score (nSPS) is 15.5. The van der Waals surface area contributed by atoms with E-state index in [0.29, 0.717) is 6.42 Å².